The van der Waals surface area contributed by atoms with Crippen LogP contribution < -0.4 is 10.3 Å². The van der Waals surface area contributed by atoms with Gasteiger partial charge in [0.1, 0.15) is 12.7 Å². The maximum atomic E-state index is 11.0. The maximum Gasteiger partial charge on any atom is 0.432 e. The van der Waals surface area contributed by atoms with E-state index in [9.17, 15) is 4.79 Å². The molecule has 0 aliphatic carbocycles. The number of nitrogens with zero attached hydrogens (tertiary/aromatic N) is 1. The molecular formula is C6H9N2O3+. The highest BCUT2D eigenvalue weighted by molar-refractivity contribution is 4.88. The normalized spacial score (nSPS) is 23.2. The number of rotatable bonds is 0. The van der Waals surface area contributed by atoms with Gasteiger partial charge in [0, 0.05) is 0 Å². The largest absolute Gasteiger partial charge is 0.432 e. The van der Waals surface area contributed by atoms with E-state index in [1.165, 1.54) is 0 Å². The van der Waals surface area contributed by atoms with E-state index >= 15 is 0 Å². The van der Waals surface area contributed by atoms with Crippen LogP contribution in [0.4, 0.5) is 0 Å². The van der Waals surface area contributed by atoms with Crippen molar-refractivity contribution < 1.29 is 13.9 Å². The number of aromatic nitrogens is 2. The first-order valence-corrected chi connectivity index (χ1v) is 3.52. The van der Waals surface area contributed by atoms with Gasteiger partial charge in [0.25, 0.3) is 0 Å². The van der Waals surface area contributed by atoms with E-state index < -0.39 is 0 Å². The van der Waals surface area contributed by atoms with Crippen LogP contribution in [0.15, 0.2) is 9.32 Å². The molecule has 1 aliphatic rings. The molecule has 0 saturated heterocycles. The molecule has 1 aliphatic heterocycles. The summed E-state index contributed by atoms with van der Waals surface area (Å²) in [6.07, 6.45) is -0.161. The zero-order chi connectivity index (χ0) is 7.84. The topological polar surface area (TPSA) is 59.1 Å². The summed E-state index contributed by atoms with van der Waals surface area (Å²) in [6, 6.07) is 0. The van der Waals surface area contributed by atoms with E-state index in [1.54, 1.807) is 4.68 Å². The molecule has 0 fully saturated rings. The molecule has 1 N–H and O–H groups in total. The Kier molecular flexibility index (Phi) is 1.32. The van der Waals surface area contributed by atoms with E-state index in [0.717, 1.165) is 0 Å². The van der Waals surface area contributed by atoms with Gasteiger partial charge in [0.2, 0.25) is 0 Å². The minimum Gasteiger partial charge on any atom is -0.360 e. The van der Waals surface area contributed by atoms with Crippen LogP contribution in [0.1, 0.15) is 18.7 Å². The summed E-state index contributed by atoms with van der Waals surface area (Å²) in [7, 11) is 0. The summed E-state index contributed by atoms with van der Waals surface area (Å²) >= 11 is 0. The Bertz CT molecular complexity index is 314. The van der Waals surface area contributed by atoms with Crippen LogP contribution in [-0.2, 0) is 11.3 Å². The molecule has 5 nitrogen and oxygen atoms in total. The van der Waals surface area contributed by atoms with Crippen molar-refractivity contribution >= 4 is 0 Å². The quantitative estimate of drug-likeness (QED) is 0.509. The van der Waals surface area contributed by atoms with Crippen LogP contribution in [0.2, 0.25) is 0 Å². The van der Waals surface area contributed by atoms with Gasteiger partial charge in [-0.1, -0.05) is 4.68 Å². The third kappa shape index (κ3) is 0.883. The number of hydrogen-bond donors (Lipinski definition) is 1. The molecule has 0 saturated carbocycles. The van der Waals surface area contributed by atoms with E-state index in [4.69, 9.17) is 4.74 Å². The molecule has 0 spiro atoms. The van der Waals surface area contributed by atoms with E-state index in [-0.39, 0.29) is 11.7 Å². The van der Waals surface area contributed by atoms with Crippen molar-refractivity contribution in [3.63, 3.8) is 0 Å². The van der Waals surface area contributed by atoms with Gasteiger partial charge in [-0.15, -0.1) is 0 Å². The molecule has 1 aromatic heterocycles. The third-order valence-electron chi connectivity index (χ3n) is 1.82. The second kappa shape index (κ2) is 2.20. The number of ether oxygens (including phenoxy) is 1. The van der Waals surface area contributed by atoms with Gasteiger partial charge in [-0.3, -0.25) is 4.52 Å². The predicted molar refractivity (Wildman–Crippen MR) is 33.9 cm³/mol. The van der Waals surface area contributed by atoms with Gasteiger partial charge in [-0.25, -0.2) is 4.79 Å². The summed E-state index contributed by atoms with van der Waals surface area (Å²) in [5, 5.41) is 2.51. The molecule has 0 aromatic carbocycles. The molecule has 11 heavy (non-hydrogen) atoms. The summed E-state index contributed by atoms with van der Waals surface area (Å²) in [6.45, 7) is 3.11. The van der Waals surface area contributed by atoms with Crippen molar-refractivity contribution in [1.82, 2.24) is 5.27 Å². The lowest BCUT2D eigenvalue weighted by Gasteiger charge is -2.10. The molecule has 60 valence electrons. The van der Waals surface area contributed by atoms with Gasteiger partial charge >= 0.3 is 11.3 Å². The summed E-state index contributed by atoms with van der Waals surface area (Å²) in [5.74, 6) is 0. The molecule has 0 radical (unpaired) electrons. The Morgan fingerprint density at radius 2 is 2.55 bits per heavy atom. The highest BCUT2D eigenvalue weighted by Crippen LogP contribution is 2.10. The molecule has 1 aromatic rings. The fraction of sp³-hybridized carbons (Fsp3) is 0.667. The first kappa shape index (κ1) is 6.60. The first-order valence-electron chi connectivity index (χ1n) is 3.52. The lowest BCUT2D eigenvalue weighted by Crippen LogP contribution is -2.47. The first-order chi connectivity index (χ1) is 5.29. The Morgan fingerprint density at radius 3 is 3.27 bits per heavy atom. The van der Waals surface area contributed by atoms with Crippen LogP contribution in [-0.4, -0.2) is 11.9 Å². The van der Waals surface area contributed by atoms with Crippen LogP contribution in [0.25, 0.3) is 0 Å². The van der Waals surface area contributed by atoms with Crippen LogP contribution in [0.5, 0.6) is 0 Å². The minimum absolute atomic E-state index is 0.161. The SMILES string of the molecule is C[C@H]1OCC[n+]2[nH]oc(=O)c21. The average molecular weight is 157 g/mol. The number of aromatic amines is 1. The van der Waals surface area contributed by atoms with Gasteiger partial charge in [0.15, 0.2) is 6.54 Å². The Hall–Kier alpha value is -1.10. The average Bonchev–Trinajstić information content (AvgIpc) is 2.34. The van der Waals surface area contributed by atoms with Crippen molar-refractivity contribution in [2.75, 3.05) is 6.61 Å². The van der Waals surface area contributed by atoms with Crippen molar-refractivity contribution in [2.45, 2.75) is 19.6 Å². The van der Waals surface area contributed by atoms with Crippen LogP contribution in [0.3, 0.4) is 0 Å². The summed E-state index contributed by atoms with van der Waals surface area (Å²) < 4.78 is 11.5. The Balaban J connectivity index is 2.56. The molecule has 0 amide bonds. The van der Waals surface area contributed by atoms with Crippen LogP contribution in [0, 0.1) is 0 Å². The number of fused-ring (bicyclic) bond motifs is 1. The lowest BCUT2D eigenvalue weighted by atomic mass is 10.3. The van der Waals surface area contributed by atoms with Gasteiger partial charge < -0.3 is 4.74 Å². The highest BCUT2D eigenvalue weighted by Gasteiger charge is 2.31. The zero-order valence-corrected chi connectivity index (χ0v) is 6.16. The molecule has 5 heteroatoms. The van der Waals surface area contributed by atoms with Gasteiger partial charge in [-0.05, 0) is 12.2 Å². The third-order valence-corrected chi connectivity index (χ3v) is 1.82. The summed E-state index contributed by atoms with van der Waals surface area (Å²) in [4.78, 5) is 11.0. The molecule has 1 atom stereocenters. The predicted octanol–water partition coefficient (Wildman–Crippen LogP) is -0.653. The standard InChI is InChI=1S/C6H8N2O3/c1-4-5-6(9)11-7-8(5)2-3-10-4/h4H,2-3H2,1H3/p+1/t4-/m1/s1. The summed E-state index contributed by atoms with van der Waals surface area (Å²) in [5.41, 5.74) is 0.230. The van der Waals surface area contributed by atoms with E-state index in [1.807, 2.05) is 6.92 Å². The van der Waals surface area contributed by atoms with Crippen molar-refractivity contribution in [3.8, 4) is 0 Å². The smallest absolute Gasteiger partial charge is 0.360 e. The number of H-pyrrole nitrogens is 1. The van der Waals surface area contributed by atoms with Crippen molar-refractivity contribution in [2.24, 2.45) is 0 Å². The second-order valence-corrected chi connectivity index (χ2v) is 2.53. The van der Waals surface area contributed by atoms with E-state index in [2.05, 4.69) is 9.79 Å². The van der Waals surface area contributed by atoms with Crippen molar-refractivity contribution in [1.29, 1.82) is 0 Å². The lowest BCUT2D eigenvalue weighted by molar-refractivity contribution is -0.780. The Morgan fingerprint density at radius 1 is 1.73 bits per heavy atom. The minimum atomic E-state index is -0.336. The van der Waals surface area contributed by atoms with Crippen molar-refractivity contribution in [3.05, 3.63) is 16.1 Å². The number of nitrogens with one attached hydrogen (secondary N) is 1. The van der Waals surface area contributed by atoms with E-state index in [0.29, 0.717) is 18.8 Å². The fourth-order valence-corrected chi connectivity index (χ4v) is 1.26. The van der Waals surface area contributed by atoms with Crippen LogP contribution >= 0.6 is 0 Å². The van der Waals surface area contributed by atoms with Gasteiger partial charge in [-0.2, -0.15) is 0 Å². The fourth-order valence-electron chi connectivity index (χ4n) is 1.26. The molecule has 0 bridgehead atoms. The molecule has 2 heterocycles. The monoisotopic (exact) mass is 157 g/mol. The molecule has 2 rings (SSSR count). The maximum absolute atomic E-state index is 11.0. The molecule has 0 unspecified atom stereocenters. The highest BCUT2D eigenvalue weighted by atomic mass is 16.5. The second-order valence-electron chi connectivity index (χ2n) is 2.53. The zero-order valence-electron chi connectivity index (χ0n) is 6.16. The molecular weight excluding hydrogens is 148 g/mol. The van der Waals surface area contributed by atoms with Gasteiger partial charge in [0.05, 0.1) is 0 Å². The Labute approximate surface area is 62.5 Å². The number of hydrogen-bond acceptors (Lipinski definition) is 3.